The second kappa shape index (κ2) is 3.61. The Labute approximate surface area is 64.8 Å². The lowest BCUT2D eigenvalue weighted by atomic mass is 10.2. The van der Waals surface area contributed by atoms with E-state index >= 15 is 0 Å². The first-order chi connectivity index (χ1) is 5.34. The fraction of sp³-hybridized carbons (Fsp3) is 0.125. The number of ketones is 1. The zero-order valence-electron chi connectivity index (χ0n) is 6.03. The highest BCUT2D eigenvalue weighted by molar-refractivity contribution is 5.96. The van der Waals surface area contributed by atoms with E-state index in [1.54, 1.807) is 6.08 Å². The van der Waals surface area contributed by atoms with E-state index in [0.717, 1.165) is 0 Å². The van der Waals surface area contributed by atoms with Crippen LogP contribution >= 0.6 is 0 Å². The Balaban J connectivity index is 2.77. The summed E-state index contributed by atoms with van der Waals surface area (Å²) in [6.07, 6.45) is 6.30. The van der Waals surface area contributed by atoms with Crippen molar-refractivity contribution in [2.24, 2.45) is 0 Å². The van der Waals surface area contributed by atoms with Crippen LogP contribution < -0.4 is 0 Å². The van der Waals surface area contributed by atoms with Crippen LogP contribution in [0.15, 0.2) is 31.4 Å². The summed E-state index contributed by atoms with van der Waals surface area (Å²) in [6.45, 7) is 3.46. The molecule has 0 saturated heterocycles. The smallest absolute Gasteiger partial charge is 0.169 e. The highest BCUT2D eigenvalue weighted by Gasteiger charge is 2.01. The maximum Gasteiger partial charge on any atom is 0.169 e. The first kappa shape index (κ1) is 7.60. The van der Waals surface area contributed by atoms with Crippen LogP contribution in [0.4, 0.5) is 0 Å². The minimum Gasteiger partial charge on any atom is -0.294 e. The van der Waals surface area contributed by atoms with E-state index in [-0.39, 0.29) is 5.78 Å². The molecule has 0 unspecified atom stereocenters. The van der Waals surface area contributed by atoms with Crippen molar-refractivity contribution >= 4 is 5.78 Å². The first-order valence-electron chi connectivity index (χ1n) is 3.23. The number of aromatic nitrogens is 2. The standard InChI is InChI=1S/C8H8N2O/c1-2-3-8(11)7-4-9-6-10-5-7/h2,4-6H,1,3H2. The molecule has 1 heterocycles. The summed E-state index contributed by atoms with van der Waals surface area (Å²) in [4.78, 5) is 18.5. The van der Waals surface area contributed by atoms with Crippen molar-refractivity contribution in [2.75, 3.05) is 0 Å². The van der Waals surface area contributed by atoms with E-state index < -0.39 is 0 Å². The van der Waals surface area contributed by atoms with Gasteiger partial charge in [0.25, 0.3) is 0 Å². The molecule has 0 aromatic carbocycles. The molecular weight excluding hydrogens is 140 g/mol. The lowest BCUT2D eigenvalue weighted by molar-refractivity contribution is 0.0995. The molecule has 0 radical (unpaired) electrons. The zero-order chi connectivity index (χ0) is 8.10. The molecule has 1 aromatic rings. The highest BCUT2D eigenvalue weighted by Crippen LogP contribution is 1.98. The van der Waals surface area contributed by atoms with Gasteiger partial charge in [0.1, 0.15) is 6.33 Å². The Morgan fingerprint density at radius 1 is 1.55 bits per heavy atom. The maximum atomic E-state index is 11.1. The molecular formula is C8H8N2O. The SMILES string of the molecule is C=CCC(=O)c1cncnc1. The van der Waals surface area contributed by atoms with Crippen LogP contribution in [0.25, 0.3) is 0 Å². The Bertz CT molecular complexity index is 256. The minimum absolute atomic E-state index is 0.000556. The molecule has 3 nitrogen and oxygen atoms in total. The van der Waals surface area contributed by atoms with Crippen LogP contribution in [-0.2, 0) is 0 Å². The number of hydrogen-bond donors (Lipinski definition) is 0. The summed E-state index contributed by atoms with van der Waals surface area (Å²) in [5.74, 6) is 0.000556. The normalized spacial score (nSPS) is 9.09. The second-order valence-corrected chi connectivity index (χ2v) is 2.04. The van der Waals surface area contributed by atoms with Gasteiger partial charge >= 0.3 is 0 Å². The molecule has 56 valence electrons. The van der Waals surface area contributed by atoms with Gasteiger partial charge in [-0.3, -0.25) is 4.79 Å². The molecule has 0 spiro atoms. The van der Waals surface area contributed by atoms with Crippen LogP contribution in [-0.4, -0.2) is 15.8 Å². The van der Waals surface area contributed by atoms with Gasteiger partial charge < -0.3 is 0 Å². The number of Topliss-reactive ketones (excluding diaryl/α,β-unsaturated/α-hetero) is 1. The van der Waals surface area contributed by atoms with Gasteiger partial charge in [-0.15, -0.1) is 6.58 Å². The summed E-state index contributed by atoms with van der Waals surface area (Å²) in [6, 6.07) is 0. The summed E-state index contributed by atoms with van der Waals surface area (Å²) in [7, 11) is 0. The summed E-state index contributed by atoms with van der Waals surface area (Å²) < 4.78 is 0. The van der Waals surface area contributed by atoms with Gasteiger partial charge in [0.2, 0.25) is 0 Å². The van der Waals surface area contributed by atoms with Gasteiger partial charge in [-0.05, 0) is 0 Å². The Hall–Kier alpha value is -1.51. The molecule has 3 heteroatoms. The molecule has 0 bridgehead atoms. The summed E-state index contributed by atoms with van der Waals surface area (Å²) in [5, 5.41) is 0. The Morgan fingerprint density at radius 3 is 2.73 bits per heavy atom. The highest BCUT2D eigenvalue weighted by atomic mass is 16.1. The van der Waals surface area contributed by atoms with Crippen LogP contribution in [0.5, 0.6) is 0 Å². The van der Waals surface area contributed by atoms with Crippen molar-refractivity contribution in [2.45, 2.75) is 6.42 Å². The lowest BCUT2D eigenvalue weighted by Gasteiger charge is -1.93. The van der Waals surface area contributed by atoms with E-state index in [4.69, 9.17) is 0 Å². The van der Waals surface area contributed by atoms with Crippen molar-refractivity contribution in [3.63, 3.8) is 0 Å². The topological polar surface area (TPSA) is 42.9 Å². The number of rotatable bonds is 3. The number of carbonyl (C=O) groups excluding carboxylic acids is 1. The van der Waals surface area contributed by atoms with Crippen LogP contribution in [0.3, 0.4) is 0 Å². The van der Waals surface area contributed by atoms with Crippen LogP contribution in [0.2, 0.25) is 0 Å². The average Bonchev–Trinajstić information content (AvgIpc) is 2.07. The molecule has 1 aromatic heterocycles. The predicted molar refractivity (Wildman–Crippen MR) is 41.2 cm³/mol. The van der Waals surface area contributed by atoms with Gasteiger partial charge in [-0.25, -0.2) is 9.97 Å². The Kier molecular flexibility index (Phi) is 2.49. The third kappa shape index (κ3) is 1.97. The van der Waals surface area contributed by atoms with Crippen molar-refractivity contribution in [3.05, 3.63) is 36.9 Å². The number of carbonyl (C=O) groups is 1. The molecule has 0 atom stereocenters. The first-order valence-corrected chi connectivity index (χ1v) is 3.23. The zero-order valence-corrected chi connectivity index (χ0v) is 6.03. The second-order valence-electron chi connectivity index (χ2n) is 2.04. The van der Waals surface area contributed by atoms with E-state index in [2.05, 4.69) is 16.5 Å². The van der Waals surface area contributed by atoms with Crippen LogP contribution in [0, 0.1) is 0 Å². The van der Waals surface area contributed by atoms with E-state index in [1.807, 2.05) is 0 Å². The fourth-order valence-electron chi connectivity index (χ4n) is 0.692. The molecule has 0 aliphatic rings. The number of hydrogen-bond acceptors (Lipinski definition) is 3. The van der Waals surface area contributed by atoms with Gasteiger partial charge in [0.15, 0.2) is 5.78 Å². The fourth-order valence-corrected chi connectivity index (χ4v) is 0.692. The summed E-state index contributed by atoms with van der Waals surface area (Å²) in [5.41, 5.74) is 0.535. The molecule has 1 rings (SSSR count). The predicted octanol–water partition coefficient (Wildman–Crippen LogP) is 1.24. The number of nitrogens with zero attached hydrogens (tertiary/aromatic N) is 2. The van der Waals surface area contributed by atoms with E-state index in [9.17, 15) is 4.79 Å². The Morgan fingerprint density at radius 2 is 2.18 bits per heavy atom. The summed E-state index contributed by atoms with van der Waals surface area (Å²) >= 11 is 0. The quantitative estimate of drug-likeness (QED) is 0.478. The molecule has 0 saturated carbocycles. The van der Waals surface area contributed by atoms with Gasteiger partial charge in [-0.2, -0.15) is 0 Å². The minimum atomic E-state index is 0.000556. The van der Waals surface area contributed by atoms with Crippen molar-refractivity contribution in [1.29, 1.82) is 0 Å². The maximum absolute atomic E-state index is 11.1. The molecule has 11 heavy (non-hydrogen) atoms. The average molecular weight is 148 g/mol. The molecule has 0 aliphatic carbocycles. The third-order valence-electron chi connectivity index (χ3n) is 1.21. The van der Waals surface area contributed by atoms with Crippen molar-refractivity contribution in [1.82, 2.24) is 9.97 Å². The largest absolute Gasteiger partial charge is 0.294 e. The van der Waals surface area contributed by atoms with Crippen molar-refractivity contribution in [3.8, 4) is 0 Å². The van der Waals surface area contributed by atoms with Gasteiger partial charge in [0.05, 0.1) is 5.56 Å². The van der Waals surface area contributed by atoms with Crippen molar-refractivity contribution < 1.29 is 4.79 Å². The molecule has 0 N–H and O–H groups in total. The van der Waals surface area contributed by atoms with E-state index in [0.29, 0.717) is 12.0 Å². The van der Waals surface area contributed by atoms with Gasteiger partial charge in [0, 0.05) is 18.8 Å². The lowest BCUT2D eigenvalue weighted by Crippen LogP contribution is -1.97. The van der Waals surface area contributed by atoms with E-state index in [1.165, 1.54) is 18.7 Å². The number of allylic oxidation sites excluding steroid dienone is 1. The third-order valence-corrected chi connectivity index (χ3v) is 1.21. The monoisotopic (exact) mass is 148 g/mol. The molecule has 0 amide bonds. The molecule has 0 aliphatic heterocycles. The van der Waals surface area contributed by atoms with Crippen LogP contribution in [0.1, 0.15) is 16.8 Å². The molecule has 0 fully saturated rings. The van der Waals surface area contributed by atoms with Gasteiger partial charge in [-0.1, -0.05) is 6.08 Å².